The third kappa shape index (κ3) is 4.75. The van der Waals surface area contributed by atoms with Gasteiger partial charge in [-0.15, -0.1) is 0 Å². The van der Waals surface area contributed by atoms with Gasteiger partial charge in [-0.05, 0) is 25.5 Å². The zero-order chi connectivity index (χ0) is 17.0. The number of carbonyl (C=O) groups excluding carboxylic acids is 1. The first kappa shape index (κ1) is 17.4. The molecule has 8 heteroatoms. The number of hydrogen-bond donors (Lipinski definition) is 2. The van der Waals surface area contributed by atoms with Crippen molar-refractivity contribution in [1.29, 1.82) is 0 Å². The highest BCUT2D eigenvalue weighted by atomic mass is 19.4. The SMILES string of the molecule is Cc1c(NC(=O)N2CCC(CO)C2)cccc1OCC(F)(F)F. The van der Waals surface area contributed by atoms with E-state index in [2.05, 4.69) is 5.32 Å². The summed E-state index contributed by atoms with van der Waals surface area (Å²) in [5.74, 6) is 0.151. The number of ether oxygens (including phenoxy) is 1. The van der Waals surface area contributed by atoms with Crippen LogP contribution in [0.5, 0.6) is 5.75 Å². The molecule has 5 nitrogen and oxygen atoms in total. The number of aliphatic hydroxyl groups excluding tert-OH is 1. The van der Waals surface area contributed by atoms with E-state index in [1.165, 1.54) is 12.1 Å². The highest BCUT2D eigenvalue weighted by Crippen LogP contribution is 2.28. The first-order valence-electron chi connectivity index (χ1n) is 7.26. The second-order valence-electron chi connectivity index (χ2n) is 5.55. The smallest absolute Gasteiger partial charge is 0.422 e. The van der Waals surface area contributed by atoms with Crippen LogP contribution in [0.3, 0.4) is 0 Å². The van der Waals surface area contributed by atoms with E-state index >= 15 is 0 Å². The number of benzene rings is 1. The van der Waals surface area contributed by atoms with Crippen molar-refractivity contribution >= 4 is 11.7 Å². The lowest BCUT2D eigenvalue weighted by atomic mass is 10.1. The lowest BCUT2D eigenvalue weighted by Crippen LogP contribution is -2.33. The summed E-state index contributed by atoms with van der Waals surface area (Å²) in [4.78, 5) is 13.7. The molecule has 1 aromatic rings. The highest BCUT2D eigenvalue weighted by Gasteiger charge is 2.29. The van der Waals surface area contributed by atoms with Gasteiger partial charge in [0.25, 0.3) is 0 Å². The number of halogens is 3. The topological polar surface area (TPSA) is 61.8 Å². The van der Waals surface area contributed by atoms with Gasteiger partial charge >= 0.3 is 12.2 Å². The molecule has 1 aliphatic rings. The second-order valence-corrected chi connectivity index (χ2v) is 5.55. The molecule has 0 radical (unpaired) electrons. The van der Waals surface area contributed by atoms with Crippen molar-refractivity contribution in [1.82, 2.24) is 4.90 Å². The first-order chi connectivity index (χ1) is 10.8. The summed E-state index contributed by atoms with van der Waals surface area (Å²) >= 11 is 0. The number of rotatable bonds is 4. The molecule has 1 saturated heterocycles. The van der Waals surface area contributed by atoms with Crippen LogP contribution >= 0.6 is 0 Å². The Hall–Kier alpha value is -1.96. The maximum Gasteiger partial charge on any atom is 0.422 e. The Bertz CT molecular complexity index is 563. The van der Waals surface area contributed by atoms with E-state index in [4.69, 9.17) is 9.84 Å². The summed E-state index contributed by atoms with van der Waals surface area (Å²) in [6.45, 7) is 1.24. The van der Waals surface area contributed by atoms with E-state index in [9.17, 15) is 18.0 Å². The highest BCUT2D eigenvalue weighted by molar-refractivity contribution is 5.90. The standard InChI is InChI=1S/C15H19F3N2O3/c1-10-12(3-2-4-13(10)23-9-15(16,17)18)19-14(22)20-6-5-11(7-20)8-21/h2-4,11,21H,5-9H2,1H3,(H,19,22). The van der Waals surface area contributed by atoms with Crippen LogP contribution in [0.15, 0.2) is 18.2 Å². The van der Waals surface area contributed by atoms with Crippen LogP contribution in [0.25, 0.3) is 0 Å². The molecule has 23 heavy (non-hydrogen) atoms. The molecule has 2 amide bonds. The molecule has 1 fully saturated rings. The van der Waals surface area contributed by atoms with Gasteiger partial charge in [0.15, 0.2) is 6.61 Å². The van der Waals surface area contributed by atoms with Gasteiger partial charge in [-0.25, -0.2) is 4.79 Å². The third-order valence-corrected chi connectivity index (χ3v) is 3.75. The Balaban J connectivity index is 2.01. The lowest BCUT2D eigenvalue weighted by Gasteiger charge is -2.19. The van der Waals surface area contributed by atoms with Gasteiger partial charge in [-0.1, -0.05) is 6.07 Å². The number of amides is 2. The van der Waals surface area contributed by atoms with Gasteiger partial charge in [0, 0.05) is 36.9 Å². The molecular weight excluding hydrogens is 313 g/mol. The maximum atomic E-state index is 12.2. The number of urea groups is 1. The average Bonchev–Trinajstić information content (AvgIpc) is 2.96. The van der Waals surface area contributed by atoms with Gasteiger partial charge in [-0.3, -0.25) is 0 Å². The van der Waals surface area contributed by atoms with Crippen molar-refractivity contribution in [2.75, 3.05) is 31.6 Å². The monoisotopic (exact) mass is 332 g/mol. The zero-order valence-corrected chi connectivity index (χ0v) is 12.7. The summed E-state index contributed by atoms with van der Waals surface area (Å²) < 4.78 is 41.5. The summed E-state index contributed by atoms with van der Waals surface area (Å²) in [6.07, 6.45) is -3.68. The van der Waals surface area contributed by atoms with Gasteiger partial charge in [-0.2, -0.15) is 13.2 Å². The number of anilines is 1. The summed E-state index contributed by atoms with van der Waals surface area (Å²) in [6, 6.07) is 4.22. The van der Waals surface area contributed by atoms with Gasteiger partial charge in [0.2, 0.25) is 0 Å². The van der Waals surface area contributed by atoms with Crippen LogP contribution in [-0.2, 0) is 0 Å². The fourth-order valence-corrected chi connectivity index (χ4v) is 2.43. The molecule has 0 aliphatic carbocycles. The van der Waals surface area contributed by atoms with Gasteiger partial charge < -0.3 is 20.1 Å². The van der Waals surface area contributed by atoms with E-state index in [-0.39, 0.29) is 24.3 Å². The summed E-state index contributed by atoms with van der Waals surface area (Å²) in [5, 5.41) is 11.8. The zero-order valence-electron chi connectivity index (χ0n) is 12.7. The van der Waals surface area contributed by atoms with Crippen LogP contribution in [0.4, 0.5) is 23.7 Å². The summed E-state index contributed by atoms with van der Waals surface area (Å²) in [7, 11) is 0. The predicted molar refractivity (Wildman–Crippen MR) is 78.5 cm³/mol. The van der Waals surface area contributed by atoms with Crippen molar-refractivity contribution in [2.24, 2.45) is 5.92 Å². The summed E-state index contributed by atoms with van der Waals surface area (Å²) in [5.41, 5.74) is 0.838. The Kier molecular flexibility index (Phi) is 5.35. The number of hydrogen-bond acceptors (Lipinski definition) is 3. The largest absolute Gasteiger partial charge is 0.484 e. The fourth-order valence-electron chi connectivity index (χ4n) is 2.43. The molecule has 1 aromatic carbocycles. The van der Waals surface area contributed by atoms with Crippen LogP contribution in [0, 0.1) is 12.8 Å². The van der Waals surface area contributed by atoms with E-state index in [0.717, 1.165) is 6.42 Å². The van der Waals surface area contributed by atoms with Gasteiger partial charge in [0.1, 0.15) is 5.75 Å². The minimum Gasteiger partial charge on any atom is -0.484 e. The molecule has 1 atom stereocenters. The molecule has 0 saturated carbocycles. The number of carbonyl (C=O) groups is 1. The Morgan fingerprint density at radius 1 is 1.48 bits per heavy atom. The number of aliphatic hydroxyl groups is 1. The third-order valence-electron chi connectivity index (χ3n) is 3.75. The molecule has 0 bridgehead atoms. The number of nitrogens with zero attached hydrogens (tertiary/aromatic N) is 1. The second kappa shape index (κ2) is 7.08. The van der Waals surface area contributed by atoms with Crippen molar-refractivity contribution < 1.29 is 27.8 Å². The van der Waals surface area contributed by atoms with Crippen LogP contribution in [0.1, 0.15) is 12.0 Å². The lowest BCUT2D eigenvalue weighted by molar-refractivity contribution is -0.153. The van der Waals surface area contributed by atoms with E-state index < -0.39 is 12.8 Å². The Morgan fingerprint density at radius 3 is 2.83 bits per heavy atom. The Morgan fingerprint density at radius 2 is 2.22 bits per heavy atom. The number of likely N-dealkylation sites (tertiary alicyclic amines) is 1. The fraction of sp³-hybridized carbons (Fsp3) is 0.533. The maximum absolute atomic E-state index is 12.2. The van der Waals surface area contributed by atoms with Crippen LogP contribution in [-0.4, -0.2) is 48.5 Å². The van der Waals surface area contributed by atoms with Crippen molar-refractivity contribution in [3.05, 3.63) is 23.8 Å². The minimum atomic E-state index is -4.42. The van der Waals surface area contributed by atoms with Crippen LogP contribution < -0.4 is 10.1 Å². The predicted octanol–water partition coefficient (Wildman–Crippen LogP) is 2.78. The van der Waals surface area contributed by atoms with Gasteiger partial charge in [0.05, 0.1) is 0 Å². The minimum absolute atomic E-state index is 0.0313. The average molecular weight is 332 g/mol. The number of nitrogens with one attached hydrogen (secondary N) is 1. The van der Waals surface area contributed by atoms with E-state index in [1.807, 2.05) is 0 Å². The van der Waals surface area contributed by atoms with Crippen molar-refractivity contribution in [3.8, 4) is 5.75 Å². The molecule has 128 valence electrons. The molecule has 1 heterocycles. The molecule has 1 aliphatic heterocycles. The molecule has 0 spiro atoms. The van der Waals surface area contributed by atoms with Crippen LogP contribution in [0.2, 0.25) is 0 Å². The molecule has 2 N–H and O–H groups in total. The van der Waals surface area contributed by atoms with E-state index in [1.54, 1.807) is 17.9 Å². The molecule has 2 rings (SSSR count). The quantitative estimate of drug-likeness (QED) is 0.891. The number of alkyl halides is 3. The molecule has 0 aromatic heterocycles. The normalized spacial score (nSPS) is 18.1. The van der Waals surface area contributed by atoms with E-state index in [0.29, 0.717) is 24.3 Å². The first-order valence-corrected chi connectivity index (χ1v) is 7.26. The molecular formula is C15H19F3N2O3. The Labute approximate surface area is 132 Å². The van der Waals surface area contributed by atoms with Crippen molar-refractivity contribution in [2.45, 2.75) is 19.5 Å². The molecule has 1 unspecified atom stereocenters. The van der Waals surface area contributed by atoms with Crippen molar-refractivity contribution in [3.63, 3.8) is 0 Å².